The number of hydrogen-bond donors (Lipinski definition) is 1. The minimum absolute atomic E-state index is 0.00182. The molecular formula is C28H35N4O4+. The van der Waals surface area contributed by atoms with Gasteiger partial charge in [-0.15, -0.1) is 0 Å². The van der Waals surface area contributed by atoms with E-state index in [4.69, 9.17) is 9.47 Å². The lowest BCUT2D eigenvalue weighted by molar-refractivity contribution is -0.665. The van der Waals surface area contributed by atoms with Crippen LogP contribution in [0.25, 0.3) is 5.70 Å². The van der Waals surface area contributed by atoms with Gasteiger partial charge in [0.2, 0.25) is 6.34 Å². The number of nitrogens with zero attached hydrogens (tertiary/aromatic N) is 3. The summed E-state index contributed by atoms with van der Waals surface area (Å²) in [7, 11) is 1.80. The number of carbonyl (C=O) groups excluding carboxylic acids is 2. The lowest BCUT2D eigenvalue weighted by Gasteiger charge is -2.34. The van der Waals surface area contributed by atoms with Gasteiger partial charge in [0.1, 0.15) is 29.9 Å². The first-order chi connectivity index (χ1) is 17.1. The largest absolute Gasteiger partial charge is 0.489 e. The van der Waals surface area contributed by atoms with Crippen LogP contribution in [-0.2, 0) is 11.3 Å². The fraction of sp³-hybridized carbons (Fsp3) is 0.393. The van der Waals surface area contributed by atoms with Crippen molar-refractivity contribution >= 4 is 24.2 Å². The van der Waals surface area contributed by atoms with Crippen molar-refractivity contribution < 1.29 is 23.5 Å². The zero-order valence-corrected chi connectivity index (χ0v) is 21.4. The molecule has 3 amide bonds. The molecule has 36 heavy (non-hydrogen) atoms. The van der Waals surface area contributed by atoms with Gasteiger partial charge >= 0.3 is 12.1 Å². The van der Waals surface area contributed by atoms with Gasteiger partial charge < -0.3 is 19.7 Å². The topological polar surface area (TPSA) is 80.2 Å². The van der Waals surface area contributed by atoms with Crippen molar-refractivity contribution in [3.05, 3.63) is 71.9 Å². The van der Waals surface area contributed by atoms with Crippen molar-refractivity contribution in [2.75, 3.05) is 20.1 Å². The van der Waals surface area contributed by atoms with Crippen molar-refractivity contribution in [3.63, 3.8) is 0 Å². The monoisotopic (exact) mass is 491 g/mol. The van der Waals surface area contributed by atoms with E-state index in [1.807, 2.05) is 81.6 Å². The number of aliphatic imine (C=N–C) groups is 1. The highest BCUT2D eigenvalue weighted by molar-refractivity contribution is 5.84. The number of hydrogen-bond acceptors (Lipinski definition) is 5. The number of likely N-dealkylation sites (tertiary alicyclic amines) is 1. The third-order valence-electron chi connectivity index (χ3n) is 6.14. The van der Waals surface area contributed by atoms with Gasteiger partial charge in [-0.3, -0.25) is 0 Å². The van der Waals surface area contributed by atoms with Gasteiger partial charge in [-0.25, -0.2) is 9.59 Å². The molecule has 0 saturated carbocycles. The average molecular weight is 492 g/mol. The highest BCUT2D eigenvalue weighted by Gasteiger charge is 2.36. The van der Waals surface area contributed by atoms with E-state index in [0.717, 1.165) is 22.6 Å². The molecule has 0 aliphatic carbocycles. The first-order valence-electron chi connectivity index (χ1n) is 12.3. The molecule has 2 aromatic carbocycles. The summed E-state index contributed by atoms with van der Waals surface area (Å²) in [6, 6.07) is 17.6. The number of rotatable bonds is 5. The zero-order valence-electron chi connectivity index (χ0n) is 21.4. The molecule has 0 aromatic heterocycles. The van der Waals surface area contributed by atoms with Gasteiger partial charge in [0, 0.05) is 24.7 Å². The quantitative estimate of drug-likeness (QED) is 0.586. The first-order valence-corrected chi connectivity index (χ1v) is 12.3. The highest BCUT2D eigenvalue weighted by Crippen LogP contribution is 2.26. The van der Waals surface area contributed by atoms with Gasteiger partial charge in [0.15, 0.2) is 0 Å². The van der Waals surface area contributed by atoms with Crippen LogP contribution < -0.4 is 10.1 Å². The number of amides is 3. The molecule has 8 heteroatoms. The Bertz CT molecular complexity index is 1130. The Kier molecular flexibility index (Phi) is 7.45. The second-order valence-electron chi connectivity index (χ2n) is 10.4. The lowest BCUT2D eigenvalue weighted by Crippen LogP contribution is -2.54. The van der Waals surface area contributed by atoms with E-state index in [1.54, 1.807) is 18.3 Å². The number of nitrogens with one attached hydrogen (secondary N) is 1. The van der Waals surface area contributed by atoms with Crippen LogP contribution in [0.1, 0.15) is 44.7 Å². The summed E-state index contributed by atoms with van der Waals surface area (Å²) in [5.74, 6) is 0.776. The van der Waals surface area contributed by atoms with Crippen molar-refractivity contribution in [3.8, 4) is 5.75 Å². The number of piperidine rings is 1. The summed E-state index contributed by atoms with van der Waals surface area (Å²) in [5.41, 5.74) is 2.25. The number of quaternary nitrogens is 1. The molecule has 1 atom stereocenters. The number of ether oxygens (including phenoxy) is 2. The Labute approximate surface area is 212 Å². The van der Waals surface area contributed by atoms with E-state index in [2.05, 4.69) is 10.3 Å². The Morgan fingerprint density at radius 2 is 1.72 bits per heavy atom. The van der Waals surface area contributed by atoms with Crippen LogP contribution in [0.15, 0.2) is 65.8 Å². The molecule has 0 radical (unpaired) electrons. The van der Waals surface area contributed by atoms with E-state index < -0.39 is 5.60 Å². The molecule has 1 N–H and O–H groups in total. The maximum Gasteiger partial charge on any atom is 0.427 e. The van der Waals surface area contributed by atoms with Crippen molar-refractivity contribution in [1.82, 2.24) is 10.2 Å². The summed E-state index contributed by atoms with van der Waals surface area (Å²) in [5, 5.41) is 3.12. The van der Waals surface area contributed by atoms with Crippen molar-refractivity contribution in [2.45, 2.75) is 51.9 Å². The van der Waals surface area contributed by atoms with Crippen LogP contribution in [-0.4, -0.2) is 59.6 Å². The summed E-state index contributed by atoms with van der Waals surface area (Å²) in [6.07, 6.45) is 4.54. The molecule has 1 unspecified atom stereocenters. The SMILES string of the molecule is CC(C)(C)OC(=O)N1CCC(NC(=O)[N+]2(C)C=NC(c3ccc(OCc4ccccc4)cc3)=C2)CC1. The Morgan fingerprint density at radius 3 is 2.36 bits per heavy atom. The van der Waals surface area contributed by atoms with Crippen LogP contribution in [0.2, 0.25) is 0 Å². The fourth-order valence-electron chi connectivity index (χ4n) is 4.07. The predicted molar refractivity (Wildman–Crippen MR) is 139 cm³/mol. The second kappa shape index (κ2) is 10.5. The molecule has 2 aliphatic heterocycles. The molecule has 4 rings (SSSR count). The molecule has 2 heterocycles. The average Bonchev–Trinajstić information content (AvgIpc) is 3.26. The van der Waals surface area contributed by atoms with Gasteiger partial charge in [-0.2, -0.15) is 9.48 Å². The van der Waals surface area contributed by atoms with E-state index in [1.165, 1.54) is 0 Å². The van der Waals surface area contributed by atoms with Gasteiger partial charge in [0.25, 0.3) is 0 Å². The molecule has 190 valence electrons. The first kappa shape index (κ1) is 25.4. The molecule has 0 spiro atoms. The summed E-state index contributed by atoms with van der Waals surface area (Å²) >= 11 is 0. The van der Waals surface area contributed by atoms with E-state index in [0.29, 0.717) is 32.5 Å². The molecule has 1 saturated heterocycles. The normalized spacial score (nSPS) is 20.1. The molecular weight excluding hydrogens is 456 g/mol. The maximum absolute atomic E-state index is 13.1. The Hall–Kier alpha value is -3.65. The number of urea groups is 1. The van der Waals surface area contributed by atoms with Crippen molar-refractivity contribution in [1.29, 1.82) is 0 Å². The van der Waals surface area contributed by atoms with Crippen LogP contribution in [0.3, 0.4) is 0 Å². The molecule has 2 aromatic rings. The van der Waals surface area contributed by atoms with Crippen LogP contribution >= 0.6 is 0 Å². The van der Waals surface area contributed by atoms with Gasteiger partial charge in [-0.1, -0.05) is 30.3 Å². The number of benzene rings is 2. The van der Waals surface area contributed by atoms with Crippen LogP contribution in [0.4, 0.5) is 9.59 Å². The minimum Gasteiger partial charge on any atom is -0.489 e. The van der Waals surface area contributed by atoms with E-state index in [-0.39, 0.29) is 22.6 Å². The third kappa shape index (κ3) is 6.51. The molecule has 0 bridgehead atoms. The summed E-state index contributed by atoms with van der Waals surface area (Å²) in [6.45, 7) is 7.18. The third-order valence-corrected chi connectivity index (χ3v) is 6.14. The fourth-order valence-corrected chi connectivity index (χ4v) is 4.07. The zero-order chi connectivity index (χ0) is 25.8. The lowest BCUT2D eigenvalue weighted by atomic mass is 10.1. The van der Waals surface area contributed by atoms with Crippen molar-refractivity contribution in [2.24, 2.45) is 4.99 Å². The molecule has 1 fully saturated rings. The predicted octanol–water partition coefficient (Wildman–Crippen LogP) is 5.16. The second-order valence-corrected chi connectivity index (χ2v) is 10.4. The minimum atomic E-state index is -0.518. The molecule has 8 nitrogen and oxygen atoms in total. The van der Waals surface area contributed by atoms with E-state index >= 15 is 0 Å². The summed E-state index contributed by atoms with van der Waals surface area (Å²) in [4.78, 5) is 31.6. The van der Waals surface area contributed by atoms with Crippen LogP contribution in [0, 0.1) is 0 Å². The Morgan fingerprint density at radius 1 is 1.06 bits per heavy atom. The smallest absolute Gasteiger partial charge is 0.427 e. The number of carbonyl (C=O) groups is 2. The van der Waals surface area contributed by atoms with Gasteiger partial charge in [0.05, 0.1) is 7.05 Å². The Balaban J connectivity index is 1.29. The van der Waals surface area contributed by atoms with Gasteiger partial charge in [-0.05, 0) is 63.4 Å². The standard InChI is InChI=1S/C28H34N4O4/c1-28(2,3)36-27(34)31-16-14-23(15-17-31)30-26(33)32(4)18-25(29-20-32)22-10-12-24(13-11-22)35-19-21-8-6-5-7-9-21/h5-13,18,20,23H,14-17,19H2,1-4H3/p+1. The van der Waals surface area contributed by atoms with E-state index in [9.17, 15) is 9.59 Å². The maximum atomic E-state index is 13.1. The highest BCUT2D eigenvalue weighted by atomic mass is 16.6. The summed E-state index contributed by atoms with van der Waals surface area (Å²) < 4.78 is 11.2. The molecule has 2 aliphatic rings. The van der Waals surface area contributed by atoms with Crippen LogP contribution in [0.5, 0.6) is 5.75 Å².